The molecule has 2 aromatic heterocycles. The third-order valence-electron chi connectivity index (χ3n) is 4.64. The quantitative estimate of drug-likeness (QED) is 0.355. The molecule has 37 heavy (non-hydrogen) atoms. The Bertz CT molecular complexity index is 1120. The van der Waals surface area contributed by atoms with Crippen LogP contribution in [0.1, 0.15) is 60.5 Å². The van der Waals surface area contributed by atoms with Crippen molar-refractivity contribution in [3.05, 3.63) is 84.2 Å². The second-order valence-corrected chi connectivity index (χ2v) is 7.51. The molecule has 0 atom stereocenters. The zero-order valence-electron chi connectivity index (χ0n) is 21.1. The number of aromatic nitrogens is 2. The molecule has 0 aliphatic heterocycles. The molecule has 0 aliphatic rings. The van der Waals surface area contributed by atoms with Gasteiger partial charge >= 0.3 is 21.7 Å². The molecule has 194 valence electrons. The smallest absolute Gasteiger partial charge is 0.543 e. The Kier molecular flexibility index (Phi) is 18.2. The molecule has 0 saturated carbocycles. The second-order valence-electron chi connectivity index (χ2n) is 7.51. The van der Waals surface area contributed by atoms with Crippen molar-refractivity contribution in [2.75, 3.05) is 13.2 Å². The van der Waals surface area contributed by atoms with E-state index in [-0.39, 0.29) is 33.1 Å². The first-order valence-electron chi connectivity index (χ1n) is 11.7. The molecule has 0 spiro atoms. The molecule has 0 unspecified atom stereocenters. The molecule has 0 saturated heterocycles. The maximum Gasteiger partial charge on any atom is 2.00 e. The van der Waals surface area contributed by atoms with Gasteiger partial charge in [-0.05, 0) is 37.1 Å². The van der Waals surface area contributed by atoms with E-state index in [9.17, 15) is 19.8 Å². The summed E-state index contributed by atoms with van der Waals surface area (Å²) in [5.41, 5.74) is 1.28. The minimum Gasteiger partial charge on any atom is -0.543 e. The first kappa shape index (κ1) is 33.8. The Hall–Kier alpha value is -3.17. The number of pyridine rings is 2. The van der Waals surface area contributed by atoms with Gasteiger partial charge in [0.2, 0.25) is 0 Å². The van der Waals surface area contributed by atoms with Gasteiger partial charge in [0.1, 0.15) is 0 Å². The van der Waals surface area contributed by atoms with Crippen LogP contribution in [0.4, 0.5) is 0 Å². The van der Waals surface area contributed by atoms with E-state index in [1.54, 1.807) is 24.3 Å². The fourth-order valence-corrected chi connectivity index (χ4v) is 2.68. The van der Waals surface area contributed by atoms with E-state index in [0.717, 1.165) is 36.5 Å². The number of carbonyl (C=O) groups excluding carboxylic acids is 2. The van der Waals surface area contributed by atoms with Crippen molar-refractivity contribution in [3.8, 4) is 0 Å². The van der Waals surface area contributed by atoms with Crippen molar-refractivity contribution in [2.24, 2.45) is 0 Å². The summed E-state index contributed by atoms with van der Waals surface area (Å²) in [4.78, 5) is 28.8. The minimum absolute atomic E-state index is 0. The van der Waals surface area contributed by atoms with Crippen molar-refractivity contribution >= 4 is 33.7 Å². The van der Waals surface area contributed by atoms with Crippen molar-refractivity contribution in [1.82, 2.24) is 9.97 Å². The number of benzene rings is 2. The SMILES string of the molecule is CCCCO.CCCCO.O=C([O-])c1ccc2ccccc2n1.O=C([O-])c1ccc2ccccc2n1.[Ti+2]. The molecule has 4 aromatic rings. The third kappa shape index (κ3) is 13.1. The number of carboxylic acids is 2. The Morgan fingerprint density at radius 1 is 0.649 bits per heavy atom. The van der Waals surface area contributed by atoms with Gasteiger partial charge in [0.15, 0.2) is 0 Å². The Labute approximate surface area is 231 Å². The first-order chi connectivity index (χ1) is 17.4. The van der Waals surface area contributed by atoms with E-state index in [2.05, 4.69) is 23.8 Å². The van der Waals surface area contributed by atoms with Crippen molar-refractivity contribution in [2.45, 2.75) is 39.5 Å². The van der Waals surface area contributed by atoms with Gasteiger partial charge in [-0.3, -0.25) is 0 Å². The maximum absolute atomic E-state index is 10.5. The number of unbranched alkanes of at least 4 members (excludes halogenated alkanes) is 2. The van der Waals surface area contributed by atoms with Gasteiger partial charge in [-0.25, -0.2) is 9.97 Å². The number of aliphatic hydroxyl groups excluding tert-OH is 2. The molecule has 9 heteroatoms. The molecule has 0 aliphatic carbocycles. The number of hydrogen-bond acceptors (Lipinski definition) is 8. The van der Waals surface area contributed by atoms with Gasteiger partial charge in [0.25, 0.3) is 0 Å². The van der Waals surface area contributed by atoms with E-state index >= 15 is 0 Å². The summed E-state index contributed by atoms with van der Waals surface area (Å²) >= 11 is 0. The summed E-state index contributed by atoms with van der Waals surface area (Å²) in [6.07, 6.45) is 4.08. The fraction of sp³-hybridized carbons (Fsp3) is 0.286. The molecule has 2 heterocycles. The zero-order chi connectivity index (χ0) is 26.8. The van der Waals surface area contributed by atoms with Crippen LogP contribution in [0.3, 0.4) is 0 Å². The van der Waals surface area contributed by atoms with E-state index in [4.69, 9.17) is 10.2 Å². The maximum atomic E-state index is 10.5. The van der Waals surface area contributed by atoms with Crippen LogP contribution < -0.4 is 10.2 Å². The summed E-state index contributed by atoms with van der Waals surface area (Å²) in [6, 6.07) is 21.0. The van der Waals surface area contributed by atoms with Gasteiger partial charge in [0, 0.05) is 24.0 Å². The van der Waals surface area contributed by atoms with Crippen LogP contribution in [-0.2, 0) is 21.7 Å². The minimum atomic E-state index is -1.24. The third-order valence-corrected chi connectivity index (χ3v) is 4.64. The van der Waals surface area contributed by atoms with E-state index < -0.39 is 11.9 Å². The fourth-order valence-electron chi connectivity index (χ4n) is 2.68. The monoisotopic (exact) mass is 540 g/mol. The molecule has 0 bridgehead atoms. The number of rotatable bonds is 6. The van der Waals surface area contributed by atoms with E-state index in [1.807, 2.05) is 36.4 Å². The molecule has 8 nitrogen and oxygen atoms in total. The number of para-hydroxylation sites is 2. The van der Waals surface area contributed by atoms with Gasteiger partial charge in [-0.2, -0.15) is 0 Å². The zero-order valence-corrected chi connectivity index (χ0v) is 22.7. The number of hydrogen-bond donors (Lipinski definition) is 2. The van der Waals surface area contributed by atoms with Crippen LogP contribution in [-0.4, -0.2) is 45.3 Å². The topological polar surface area (TPSA) is 146 Å². The van der Waals surface area contributed by atoms with Crippen LogP contribution in [0.25, 0.3) is 21.8 Å². The van der Waals surface area contributed by atoms with Gasteiger partial charge < -0.3 is 30.0 Å². The molecule has 4 rings (SSSR count). The second kappa shape index (κ2) is 20.0. The number of nitrogens with zero attached hydrogens (tertiary/aromatic N) is 2. The van der Waals surface area contributed by atoms with Crippen LogP contribution in [0.5, 0.6) is 0 Å². The van der Waals surface area contributed by atoms with Crippen LogP contribution in [0, 0.1) is 0 Å². The van der Waals surface area contributed by atoms with Gasteiger partial charge in [-0.15, -0.1) is 0 Å². The summed E-state index contributed by atoms with van der Waals surface area (Å²) in [5.74, 6) is -2.49. The van der Waals surface area contributed by atoms with Gasteiger partial charge in [-0.1, -0.05) is 75.2 Å². The largest absolute Gasteiger partial charge is 2.00 e. The summed E-state index contributed by atoms with van der Waals surface area (Å²) in [7, 11) is 0. The summed E-state index contributed by atoms with van der Waals surface area (Å²) in [6.45, 7) is 4.79. The van der Waals surface area contributed by atoms with E-state index in [1.165, 1.54) is 12.1 Å². The first-order valence-corrected chi connectivity index (χ1v) is 11.7. The summed E-state index contributed by atoms with van der Waals surface area (Å²) < 4.78 is 0. The molecule has 2 aromatic carbocycles. The average molecular weight is 540 g/mol. The number of carbonyl (C=O) groups is 2. The van der Waals surface area contributed by atoms with Crippen LogP contribution >= 0.6 is 0 Å². The molecule has 0 amide bonds. The Balaban J connectivity index is 0.000000510. The molecule has 0 fully saturated rings. The van der Waals surface area contributed by atoms with Crippen LogP contribution in [0.2, 0.25) is 0 Å². The number of aliphatic hydroxyl groups is 2. The average Bonchev–Trinajstić information content (AvgIpc) is 2.90. The number of carboxylic acid groups (broad SMARTS) is 2. The van der Waals surface area contributed by atoms with Crippen molar-refractivity contribution in [1.29, 1.82) is 0 Å². The summed E-state index contributed by atoms with van der Waals surface area (Å²) in [5, 5.41) is 38.9. The normalized spacial score (nSPS) is 9.41. The molecular weight excluding hydrogens is 508 g/mol. The van der Waals surface area contributed by atoms with Gasteiger partial charge in [0.05, 0.1) is 34.4 Å². The number of fused-ring (bicyclic) bond motifs is 2. The van der Waals surface area contributed by atoms with Crippen molar-refractivity contribution in [3.63, 3.8) is 0 Å². The standard InChI is InChI=1S/2C10H7NO2.2C4H10O.Ti/c2*12-10(13)9-6-5-7-3-1-2-4-8(7)11-9;2*1-2-3-4-5;/h2*1-6H,(H,12,13);2*5H,2-4H2,1H3;/q;;;;+2/p-2. The van der Waals surface area contributed by atoms with Crippen molar-refractivity contribution < 1.29 is 51.7 Å². The Morgan fingerprint density at radius 2 is 1.00 bits per heavy atom. The molecular formula is C28H32N2O6Ti. The molecule has 0 radical (unpaired) electrons. The number of aromatic carboxylic acids is 2. The predicted octanol–water partition coefficient (Wildman–Crippen LogP) is 2.75. The van der Waals surface area contributed by atoms with Crippen LogP contribution in [0.15, 0.2) is 72.8 Å². The predicted molar refractivity (Wildman–Crippen MR) is 136 cm³/mol. The van der Waals surface area contributed by atoms with E-state index in [0.29, 0.717) is 24.2 Å². The molecule has 2 N–H and O–H groups in total. The Morgan fingerprint density at radius 3 is 1.27 bits per heavy atom.